The second kappa shape index (κ2) is 9.83. The number of benzene rings is 2. The van der Waals surface area contributed by atoms with Crippen LogP contribution in [0.25, 0.3) is 11.0 Å². The minimum Gasteiger partial charge on any atom is -0.491 e. The molecule has 2 aromatic carbocycles. The minimum absolute atomic E-state index is 0.0107. The molecule has 0 bridgehead atoms. The fourth-order valence-corrected chi connectivity index (χ4v) is 3.54. The van der Waals surface area contributed by atoms with Gasteiger partial charge in [0.25, 0.3) is 0 Å². The summed E-state index contributed by atoms with van der Waals surface area (Å²) in [6.45, 7) is 4.11. The normalized spacial score (nSPS) is 12.1. The van der Waals surface area contributed by atoms with Gasteiger partial charge in [-0.05, 0) is 43.2 Å². The van der Waals surface area contributed by atoms with E-state index in [2.05, 4.69) is 10.3 Å². The van der Waals surface area contributed by atoms with Gasteiger partial charge < -0.3 is 19.0 Å². The molecule has 172 valence electrons. The van der Waals surface area contributed by atoms with Gasteiger partial charge in [-0.15, -0.1) is 5.10 Å². The van der Waals surface area contributed by atoms with Crippen LogP contribution in [0.2, 0.25) is 0 Å². The van der Waals surface area contributed by atoms with Gasteiger partial charge in [-0.1, -0.05) is 18.2 Å². The zero-order valence-electron chi connectivity index (χ0n) is 18.3. The molecule has 4 aromatic rings. The molecular weight excluding hydrogens is 429 g/mol. The molecule has 2 aromatic heterocycles. The smallest absolute Gasteiger partial charge is 0.339 e. The summed E-state index contributed by atoms with van der Waals surface area (Å²) in [5.74, 6) is 0.495. The largest absolute Gasteiger partial charge is 0.491 e. The van der Waals surface area contributed by atoms with Crippen molar-refractivity contribution in [3.05, 3.63) is 81.7 Å². The first-order chi connectivity index (χ1) is 15.9. The maximum Gasteiger partial charge on any atom is 0.339 e. The SMILES string of the molecule is CCc1c(C)c2ccc(OCC(O)Cn3cc(COc4cccc(F)c4)nn3)cc2oc1=O. The van der Waals surface area contributed by atoms with Crippen LogP contribution in [0.1, 0.15) is 23.7 Å². The summed E-state index contributed by atoms with van der Waals surface area (Å²) in [5.41, 5.74) is 2.21. The molecule has 1 N–H and O–H groups in total. The van der Waals surface area contributed by atoms with Crippen LogP contribution in [-0.2, 0) is 19.6 Å². The third kappa shape index (κ3) is 5.38. The Bertz CT molecular complexity index is 1320. The van der Waals surface area contributed by atoms with Crippen LogP contribution in [0.15, 0.2) is 57.9 Å². The molecule has 0 radical (unpaired) electrons. The number of aliphatic hydroxyl groups is 1. The highest BCUT2D eigenvalue weighted by atomic mass is 19.1. The Hall–Kier alpha value is -3.72. The summed E-state index contributed by atoms with van der Waals surface area (Å²) >= 11 is 0. The van der Waals surface area contributed by atoms with E-state index in [4.69, 9.17) is 13.9 Å². The molecule has 0 spiro atoms. The van der Waals surface area contributed by atoms with E-state index in [0.29, 0.717) is 34.8 Å². The highest BCUT2D eigenvalue weighted by molar-refractivity contribution is 5.82. The summed E-state index contributed by atoms with van der Waals surface area (Å²) in [5, 5.41) is 19.1. The molecule has 0 aliphatic carbocycles. The Morgan fingerprint density at radius 1 is 1.18 bits per heavy atom. The van der Waals surface area contributed by atoms with Crippen LogP contribution in [0, 0.1) is 12.7 Å². The molecule has 0 amide bonds. The van der Waals surface area contributed by atoms with Crippen molar-refractivity contribution in [3.63, 3.8) is 0 Å². The molecule has 2 heterocycles. The van der Waals surface area contributed by atoms with Crippen LogP contribution in [0.5, 0.6) is 11.5 Å². The first-order valence-electron chi connectivity index (χ1n) is 10.6. The summed E-state index contributed by atoms with van der Waals surface area (Å²) in [7, 11) is 0. The number of aromatic nitrogens is 3. The Morgan fingerprint density at radius 3 is 2.79 bits per heavy atom. The molecule has 0 aliphatic rings. The number of hydrogen-bond acceptors (Lipinski definition) is 7. The van der Waals surface area contributed by atoms with Crippen LogP contribution in [0.4, 0.5) is 4.39 Å². The van der Waals surface area contributed by atoms with Crippen molar-refractivity contribution >= 4 is 11.0 Å². The Kier molecular flexibility index (Phi) is 6.69. The molecule has 0 aliphatic heterocycles. The lowest BCUT2D eigenvalue weighted by Gasteiger charge is -2.13. The maximum absolute atomic E-state index is 13.2. The number of ether oxygens (including phenoxy) is 2. The van der Waals surface area contributed by atoms with Crippen LogP contribution >= 0.6 is 0 Å². The van der Waals surface area contributed by atoms with E-state index in [-0.39, 0.29) is 31.2 Å². The van der Waals surface area contributed by atoms with E-state index in [1.165, 1.54) is 16.8 Å². The molecule has 0 saturated heterocycles. The van der Waals surface area contributed by atoms with Gasteiger partial charge in [-0.3, -0.25) is 0 Å². The number of nitrogens with zero attached hydrogens (tertiary/aromatic N) is 3. The van der Waals surface area contributed by atoms with Gasteiger partial charge in [0.1, 0.15) is 47.9 Å². The summed E-state index contributed by atoms with van der Waals surface area (Å²) in [6, 6.07) is 11.1. The van der Waals surface area contributed by atoms with Gasteiger partial charge in [-0.25, -0.2) is 13.9 Å². The number of hydrogen-bond donors (Lipinski definition) is 1. The van der Waals surface area contributed by atoms with E-state index < -0.39 is 6.10 Å². The van der Waals surface area contributed by atoms with Crippen molar-refractivity contribution in [3.8, 4) is 11.5 Å². The Balaban J connectivity index is 1.32. The van der Waals surface area contributed by atoms with Crippen LogP contribution in [-0.4, -0.2) is 32.8 Å². The first kappa shape index (κ1) is 22.5. The average molecular weight is 453 g/mol. The highest BCUT2D eigenvalue weighted by Crippen LogP contribution is 2.24. The molecule has 1 atom stereocenters. The molecule has 33 heavy (non-hydrogen) atoms. The lowest BCUT2D eigenvalue weighted by molar-refractivity contribution is 0.0888. The molecular formula is C24H24FN3O5. The zero-order valence-corrected chi connectivity index (χ0v) is 18.3. The van der Waals surface area contributed by atoms with Crippen molar-refractivity contribution in [1.29, 1.82) is 0 Å². The lowest BCUT2D eigenvalue weighted by atomic mass is 10.0. The summed E-state index contributed by atoms with van der Waals surface area (Å²) in [4.78, 5) is 12.1. The highest BCUT2D eigenvalue weighted by Gasteiger charge is 2.13. The predicted octanol–water partition coefficient (Wildman–Crippen LogP) is 3.41. The van der Waals surface area contributed by atoms with Crippen molar-refractivity contribution in [1.82, 2.24) is 15.0 Å². The van der Waals surface area contributed by atoms with Gasteiger partial charge in [0.15, 0.2) is 0 Å². The maximum atomic E-state index is 13.2. The topological polar surface area (TPSA) is 99.6 Å². The van der Waals surface area contributed by atoms with Gasteiger partial charge in [-0.2, -0.15) is 0 Å². The van der Waals surface area contributed by atoms with Gasteiger partial charge in [0.05, 0.1) is 12.7 Å². The molecule has 0 saturated carbocycles. The van der Waals surface area contributed by atoms with E-state index in [1.807, 2.05) is 19.9 Å². The van der Waals surface area contributed by atoms with E-state index in [0.717, 1.165) is 10.9 Å². The predicted molar refractivity (Wildman–Crippen MR) is 119 cm³/mol. The number of aliphatic hydroxyl groups excluding tert-OH is 1. The monoisotopic (exact) mass is 453 g/mol. The molecule has 4 rings (SSSR count). The van der Waals surface area contributed by atoms with E-state index in [9.17, 15) is 14.3 Å². The van der Waals surface area contributed by atoms with Crippen molar-refractivity contribution < 1.29 is 23.4 Å². The standard InChI is InChI=1S/C24H24FN3O5/c1-3-21-15(2)22-8-7-20(10-23(22)33-24(21)30)32-14-18(29)12-28-11-17(26-27-28)13-31-19-6-4-5-16(25)9-19/h4-11,18,29H,3,12-14H2,1-2H3. The third-order valence-corrected chi connectivity index (χ3v) is 5.22. The molecule has 9 heteroatoms. The van der Waals surface area contributed by atoms with Crippen molar-refractivity contribution in [2.45, 2.75) is 39.5 Å². The fraction of sp³-hybridized carbons (Fsp3) is 0.292. The average Bonchev–Trinajstić information content (AvgIpc) is 3.23. The summed E-state index contributed by atoms with van der Waals surface area (Å²) < 4.78 is 31.3. The number of rotatable bonds is 9. The second-order valence-electron chi connectivity index (χ2n) is 7.65. The van der Waals surface area contributed by atoms with Gasteiger partial charge >= 0.3 is 5.63 Å². The fourth-order valence-electron chi connectivity index (χ4n) is 3.54. The van der Waals surface area contributed by atoms with E-state index >= 15 is 0 Å². The molecule has 1 unspecified atom stereocenters. The van der Waals surface area contributed by atoms with Crippen LogP contribution < -0.4 is 15.1 Å². The molecule has 8 nitrogen and oxygen atoms in total. The van der Waals surface area contributed by atoms with Gasteiger partial charge in [0.2, 0.25) is 0 Å². The van der Waals surface area contributed by atoms with Gasteiger partial charge in [0, 0.05) is 23.1 Å². The minimum atomic E-state index is -0.851. The number of halogens is 1. The van der Waals surface area contributed by atoms with Crippen LogP contribution in [0.3, 0.4) is 0 Å². The Labute approximate surface area is 189 Å². The molecule has 0 fully saturated rings. The van der Waals surface area contributed by atoms with Crippen molar-refractivity contribution in [2.75, 3.05) is 6.61 Å². The lowest BCUT2D eigenvalue weighted by Crippen LogP contribution is -2.24. The third-order valence-electron chi connectivity index (χ3n) is 5.22. The quantitative estimate of drug-likeness (QED) is 0.388. The zero-order chi connectivity index (χ0) is 23.4. The second-order valence-corrected chi connectivity index (χ2v) is 7.65. The van der Waals surface area contributed by atoms with Crippen molar-refractivity contribution in [2.24, 2.45) is 0 Å². The summed E-state index contributed by atoms with van der Waals surface area (Å²) in [6.07, 6.45) is 1.40. The number of aryl methyl sites for hydroxylation is 1. The Morgan fingerprint density at radius 2 is 2.00 bits per heavy atom. The van der Waals surface area contributed by atoms with E-state index in [1.54, 1.807) is 30.5 Å². The first-order valence-corrected chi connectivity index (χ1v) is 10.6. The number of fused-ring (bicyclic) bond motifs is 1.